The summed E-state index contributed by atoms with van der Waals surface area (Å²) in [4.78, 5) is 0. The number of aryl methyl sites for hydroxylation is 1. The molecule has 80 valence electrons. The summed E-state index contributed by atoms with van der Waals surface area (Å²) in [6.45, 7) is 5.90. The number of H-pyrrole nitrogens is 1. The number of hydrogen-bond donors (Lipinski definition) is 2. The van der Waals surface area contributed by atoms with Crippen molar-refractivity contribution in [1.82, 2.24) is 25.2 Å². The SMILES string of the molecule is Cc1nn(C(C)(C)c2cn[nH]n2)cc1N. The monoisotopic (exact) mass is 206 g/mol. The fourth-order valence-electron chi connectivity index (χ4n) is 1.37. The third kappa shape index (κ3) is 1.47. The Balaban J connectivity index is 2.46. The molecule has 0 amide bonds. The number of nitrogens with zero attached hydrogens (tertiary/aromatic N) is 4. The van der Waals surface area contributed by atoms with E-state index in [-0.39, 0.29) is 5.54 Å². The second-order valence-corrected chi connectivity index (χ2v) is 4.03. The van der Waals surface area contributed by atoms with Gasteiger partial charge in [-0.1, -0.05) is 0 Å². The Kier molecular flexibility index (Phi) is 1.99. The molecule has 0 unspecified atom stereocenters. The molecule has 0 aliphatic carbocycles. The van der Waals surface area contributed by atoms with Gasteiger partial charge < -0.3 is 5.73 Å². The summed E-state index contributed by atoms with van der Waals surface area (Å²) >= 11 is 0. The van der Waals surface area contributed by atoms with E-state index < -0.39 is 0 Å². The maximum absolute atomic E-state index is 5.76. The minimum absolute atomic E-state index is 0.352. The molecular formula is C9H14N6. The van der Waals surface area contributed by atoms with Crippen molar-refractivity contribution in [2.45, 2.75) is 26.3 Å². The third-order valence-corrected chi connectivity index (χ3v) is 2.55. The molecule has 0 aliphatic rings. The second kappa shape index (κ2) is 3.08. The Morgan fingerprint density at radius 3 is 2.67 bits per heavy atom. The van der Waals surface area contributed by atoms with E-state index >= 15 is 0 Å². The molecule has 0 atom stereocenters. The summed E-state index contributed by atoms with van der Waals surface area (Å²) in [6.07, 6.45) is 3.50. The van der Waals surface area contributed by atoms with Crippen molar-refractivity contribution in [3.05, 3.63) is 23.8 Å². The van der Waals surface area contributed by atoms with Gasteiger partial charge in [0, 0.05) is 6.20 Å². The minimum atomic E-state index is -0.352. The summed E-state index contributed by atoms with van der Waals surface area (Å²) in [5, 5.41) is 14.8. The van der Waals surface area contributed by atoms with Crippen LogP contribution in [0.1, 0.15) is 25.2 Å². The van der Waals surface area contributed by atoms with E-state index in [0.717, 1.165) is 11.4 Å². The number of anilines is 1. The standard InChI is InChI=1S/C9H14N6/c1-6-7(10)5-15(13-6)9(2,3)8-4-11-14-12-8/h4-5H,10H2,1-3H3,(H,11,12,14). The molecule has 0 spiro atoms. The Hall–Kier alpha value is -1.85. The molecule has 3 N–H and O–H groups in total. The first kappa shape index (κ1) is 9.70. The maximum atomic E-state index is 5.76. The van der Waals surface area contributed by atoms with Gasteiger partial charge in [-0.05, 0) is 20.8 Å². The molecule has 0 saturated heterocycles. The largest absolute Gasteiger partial charge is 0.396 e. The van der Waals surface area contributed by atoms with E-state index in [9.17, 15) is 0 Å². The summed E-state index contributed by atoms with van der Waals surface area (Å²) in [6, 6.07) is 0. The van der Waals surface area contributed by atoms with Gasteiger partial charge in [0.15, 0.2) is 0 Å². The van der Waals surface area contributed by atoms with Crippen LogP contribution >= 0.6 is 0 Å². The van der Waals surface area contributed by atoms with Gasteiger partial charge in [-0.15, -0.1) is 0 Å². The molecule has 0 saturated carbocycles. The van der Waals surface area contributed by atoms with Crippen LogP contribution < -0.4 is 5.73 Å². The third-order valence-electron chi connectivity index (χ3n) is 2.55. The van der Waals surface area contributed by atoms with E-state index in [1.54, 1.807) is 10.9 Å². The lowest BCUT2D eigenvalue weighted by Crippen LogP contribution is -2.28. The summed E-state index contributed by atoms with van der Waals surface area (Å²) < 4.78 is 1.80. The highest BCUT2D eigenvalue weighted by Crippen LogP contribution is 2.23. The summed E-state index contributed by atoms with van der Waals surface area (Å²) in [5.41, 5.74) is 7.75. The average Bonchev–Trinajstić information content (AvgIpc) is 2.77. The predicted octanol–water partition coefficient (Wildman–Crippen LogP) is 0.675. The van der Waals surface area contributed by atoms with E-state index in [4.69, 9.17) is 5.73 Å². The van der Waals surface area contributed by atoms with Gasteiger partial charge in [0.05, 0.1) is 17.6 Å². The Labute approximate surface area is 87.5 Å². The van der Waals surface area contributed by atoms with Gasteiger partial charge in [-0.3, -0.25) is 4.68 Å². The normalized spacial score (nSPS) is 11.9. The molecular weight excluding hydrogens is 192 g/mol. The van der Waals surface area contributed by atoms with Crippen LogP contribution in [0.15, 0.2) is 12.4 Å². The zero-order chi connectivity index (χ0) is 11.1. The number of aromatic nitrogens is 5. The van der Waals surface area contributed by atoms with E-state index in [1.165, 1.54) is 0 Å². The Bertz CT molecular complexity index is 433. The van der Waals surface area contributed by atoms with Gasteiger partial charge in [-0.25, -0.2) is 0 Å². The quantitative estimate of drug-likeness (QED) is 0.756. The van der Waals surface area contributed by atoms with Gasteiger partial charge in [0.1, 0.15) is 11.2 Å². The zero-order valence-corrected chi connectivity index (χ0v) is 9.02. The molecule has 6 nitrogen and oxygen atoms in total. The summed E-state index contributed by atoms with van der Waals surface area (Å²) in [5.74, 6) is 0. The lowest BCUT2D eigenvalue weighted by atomic mass is 10.0. The molecule has 0 bridgehead atoms. The molecule has 0 fully saturated rings. The van der Waals surface area contributed by atoms with E-state index in [0.29, 0.717) is 5.69 Å². The van der Waals surface area contributed by atoms with Crippen molar-refractivity contribution < 1.29 is 0 Å². The van der Waals surface area contributed by atoms with Gasteiger partial charge in [-0.2, -0.15) is 20.5 Å². The van der Waals surface area contributed by atoms with Crippen LogP contribution in [-0.4, -0.2) is 25.2 Å². The Morgan fingerprint density at radius 2 is 2.20 bits per heavy atom. The highest BCUT2D eigenvalue weighted by Gasteiger charge is 2.27. The highest BCUT2D eigenvalue weighted by molar-refractivity contribution is 5.40. The maximum Gasteiger partial charge on any atom is 0.110 e. The first-order chi connectivity index (χ1) is 7.01. The zero-order valence-electron chi connectivity index (χ0n) is 9.02. The number of aromatic amines is 1. The first-order valence-corrected chi connectivity index (χ1v) is 4.70. The number of nitrogens with one attached hydrogen (secondary N) is 1. The van der Waals surface area contributed by atoms with Gasteiger partial charge in [0.2, 0.25) is 0 Å². The predicted molar refractivity (Wildman–Crippen MR) is 56.2 cm³/mol. The lowest BCUT2D eigenvalue weighted by molar-refractivity contribution is 0.378. The van der Waals surface area contributed by atoms with Crippen molar-refractivity contribution in [3.63, 3.8) is 0 Å². The van der Waals surface area contributed by atoms with E-state index in [2.05, 4.69) is 20.5 Å². The molecule has 2 rings (SSSR count). The first-order valence-electron chi connectivity index (χ1n) is 4.70. The molecule has 0 aromatic carbocycles. The highest BCUT2D eigenvalue weighted by atomic mass is 15.4. The molecule has 0 radical (unpaired) electrons. The number of nitrogens with two attached hydrogens (primary N) is 1. The Morgan fingerprint density at radius 1 is 1.47 bits per heavy atom. The van der Waals surface area contributed by atoms with Crippen LogP contribution in [0.25, 0.3) is 0 Å². The van der Waals surface area contributed by atoms with Crippen molar-refractivity contribution in [2.75, 3.05) is 5.73 Å². The molecule has 2 aromatic rings. The lowest BCUT2D eigenvalue weighted by Gasteiger charge is -2.22. The molecule has 2 heterocycles. The van der Waals surface area contributed by atoms with Crippen molar-refractivity contribution in [1.29, 1.82) is 0 Å². The van der Waals surface area contributed by atoms with E-state index in [1.807, 2.05) is 27.0 Å². The molecule has 0 aliphatic heterocycles. The van der Waals surface area contributed by atoms with Gasteiger partial charge >= 0.3 is 0 Å². The minimum Gasteiger partial charge on any atom is -0.396 e. The van der Waals surface area contributed by atoms with Crippen LogP contribution in [0.3, 0.4) is 0 Å². The fraction of sp³-hybridized carbons (Fsp3) is 0.444. The molecule has 2 aromatic heterocycles. The van der Waals surface area contributed by atoms with Crippen molar-refractivity contribution in [3.8, 4) is 0 Å². The molecule has 15 heavy (non-hydrogen) atoms. The van der Waals surface area contributed by atoms with Crippen LogP contribution in [-0.2, 0) is 5.54 Å². The number of hydrogen-bond acceptors (Lipinski definition) is 4. The van der Waals surface area contributed by atoms with Crippen LogP contribution in [0.4, 0.5) is 5.69 Å². The fourth-order valence-corrected chi connectivity index (χ4v) is 1.37. The van der Waals surface area contributed by atoms with Crippen LogP contribution in [0.5, 0.6) is 0 Å². The second-order valence-electron chi connectivity index (χ2n) is 4.03. The van der Waals surface area contributed by atoms with Crippen LogP contribution in [0, 0.1) is 6.92 Å². The van der Waals surface area contributed by atoms with Crippen LogP contribution in [0.2, 0.25) is 0 Å². The number of nitrogen functional groups attached to an aromatic ring is 1. The van der Waals surface area contributed by atoms with Crippen molar-refractivity contribution >= 4 is 5.69 Å². The number of rotatable bonds is 2. The van der Waals surface area contributed by atoms with Gasteiger partial charge in [0.25, 0.3) is 0 Å². The van der Waals surface area contributed by atoms with Crippen molar-refractivity contribution in [2.24, 2.45) is 0 Å². The smallest absolute Gasteiger partial charge is 0.110 e. The summed E-state index contributed by atoms with van der Waals surface area (Å²) in [7, 11) is 0. The molecule has 6 heteroatoms. The topological polar surface area (TPSA) is 85.4 Å². The average molecular weight is 206 g/mol.